The predicted octanol–water partition coefficient (Wildman–Crippen LogP) is 7.27. The van der Waals surface area contributed by atoms with Gasteiger partial charge in [-0.1, -0.05) is 96.1 Å². The fourth-order valence-electron chi connectivity index (χ4n) is 5.59. The van der Waals surface area contributed by atoms with Crippen molar-refractivity contribution in [3.8, 4) is 0 Å². The highest BCUT2D eigenvalue weighted by Gasteiger charge is 2.26. The van der Waals surface area contributed by atoms with Crippen LogP contribution in [-0.4, -0.2) is 58.8 Å². The Morgan fingerprint density at radius 2 is 0.875 bits per heavy atom. The van der Waals surface area contributed by atoms with E-state index in [9.17, 15) is 19.5 Å². The van der Waals surface area contributed by atoms with Gasteiger partial charge < -0.3 is 24.6 Å². The molecule has 7 nitrogen and oxygen atoms in total. The first kappa shape index (κ1) is 38.1. The first-order chi connectivity index (χ1) is 19.3. The third-order valence-corrected chi connectivity index (χ3v) is 7.93. The summed E-state index contributed by atoms with van der Waals surface area (Å²) in [6, 6.07) is 0. The lowest BCUT2D eigenvalue weighted by atomic mass is 10.0. The quantitative estimate of drug-likeness (QED) is 0.0517. The third kappa shape index (κ3) is 26.3. The number of rotatable bonds is 31. The molecule has 0 aliphatic heterocycles. The van der Waals surface area contributed by atoms with Crippen LogP contribution in [0.4, 0.5) is 0 Å². The van der Waals surface area contributed by atoms with Crippen molar-refractivity contribution in [3.63, 3.8) is 0 Å². The van der Waals surface area contributed by atoms with Crippen LogP contribution in [0.3, 0.4) is 0 Å². The van der Waals surface area contributed by atoms with E-state index in [1.54, 1.807) is 0 Å². The van der Waals surface area contributed by atoms with Gasteiger partial charge in [0.2, 0.25) is 0 Å². The van der Waals surface area contributed by atoms with Crippen LogP contribution in [0.25, 0.3) is 0 Å². The fourth-order valence-corrected chi connectivity index (χ4v) is 5.59. The zero-order valence-electron chi connectivity index (χ0n) is 25.7. The van der Waals surface area contributed by atoms with Crippen LogP contribution in [0.5, 0.6) is 0 Å². The van der Waals surface area contributed by atoms with Crippen molar-refractivity contribution in [2.24, 2.45) is 0 Å². The lowest BCUT2D eigenvalue weighted by Crippen LogP contribution is -2.51. The Hall–Kier alpha value is -1.89. The number of hydrogen-bond donors (Lipinski definition) is 2. The standard InChI is InChI=1S/C33H61NO6/c1-2-3-4-5-6-7-8-9-10-11-12-13-14-15-16-17-18-19-20-27-34(28-21-24-31(35)36,29-22-25-32(37)38)30-23-26-33(39)40/h4-5H,2-3,6-30H2,1H3,(H2-,35,36,37,38,39,40)/b5-4+. The van der Waals surface area contributed by atoms with Gasteiger partial charge in [0, 0.05) is 25.2 Å². The minimum Gasteiger partial charge on any atom is -0.550 e. The molecule has 0 aromatic rings. The summed E-state index contributed by atoms with van der Waals surface area (Å²) < 4.78 is 0.615. The van der Waals surface area contributed by atoms with Crippen LogP contribution in [0, 0.1) is 0 Å². The van der Waals surface area contributed by atoms with Crippen LogP contribution < -0.4 is 5.11 Å². The van der Waals surface area contributed by atoms with Crippen LogP contribution in [0.15, 0.2) is 12.2 Å². The van der Waals surface area contributed by atoms with Gasteiger partial charge in [-0.15, -0.1) is 0 Å². The van der Waals surface area contributed by atoms with Gasteiger partial charge in [-0.25, -0.2) is 0 Å². The lowest BCUT2D eigenvalue weighted by Gasteiger charge is -2.39. The Kier molecular flexibility index (Phi) is 26.0. The van der Waals surface area contributed by atoms with E-state index in [1.165, 1.54) is 96.3 Å². The van der Waals surface area contributed by atoms with E-state index in [1.807, 2.05) is 0 Å². The van der Waals surface area contributed by atoms with Crippen molar-refractivity contribution in [3.05, 3.63) is 12.2 Å². The maximum absolute atomic E-state index is 11.1. The SMILES string of the molecule is CCC/C=C/CCCCCCCCCCCCCCCC[N+](CCCC(=O)[O-])(CCCC(=O)O)CCCC(=O)O. The van der Waals surface area contributed by atoms with E-state index in [2.05, 4.69) is 19.1 Å². The highest BCUT2D eigenvalue weighted by atomic mass is 16.4. The molecule has 40 heavy (non-hydrogen) atoms. The van der Waals surface area contributed by atoms with E-state index in [0.717, 1.165) is 19.4 Å². The second kappa shape index (κ2) is 27.3. The molecule has 234 valence electrons. The molecule has 2 N–H and O–H groups in total. The molecule has 0 heterocycles. The van der Waals surface area contributed by atoms with Crippen molar-refractivity contribution in [2.45, 2.75) is 155 Å². The van der Waals surface area contributed by atoms with E-state index < -0.39 is 17.9 Å². The number of aliphatic carboxylic acids is 3. The average molecular weight is 568 g/mol. The maximum atomic E-state index is 11.1. The highest BCUT2D eigenvalue weighted by Crippen LogP contribution is 2.19. The number of hydrogen-bond acceptors (Lipinski definition) is 4. The summed E-state index contributed by atoms with van der Waals surface area (Å²) in [4.78, 5) is 33.1. The van der Waals surface area contributed by atoms with Gasteiger partial charge in [-0.3, -0.25) is 9.59 Å². The minimum absolute atomic E-state index is 0.0190. The van der Waals surface area contributed by atoms with E-state index >= 15 is 0 Å². The number of carboxylic acid groups (broad SMARTS) is 3. The Morgan fingerprint density at radius 3 is 1.27 bits per heavy atom. The zero-order valence-corrected chi connectivity index (χ0v) is 25.7. The van der Waals surface area contributed by atoms with E-state index in [-0.39, 0.29) is 19.3 Å². The summed E-state index contributed by atoms with van der Waals surface area (Å²) in [6.07, 6.45) is 27.9. The summed E-state index contributed by atoms with van der Waals surface area (Å²) in [5.74, 6) is -2.74. The van der Waals surface area contributed by atoms with Gasteiger partial charge in [-0.05, 0) is 38.5 Å². The second-order valence-corrected chi connectivity index (χ2v) is 11.7. The van der Waals surface area contributed by atoms with Crippen LogP contribution in [0.1, 0.15) is 155 Å². The molecule has 0 rings (SSSR count). The molecule has 0 saturated carbocycles. The average Bonchev–Trinajstić information content (AvgIpc) is 2.89. The lowest BCUT2D eigenvalue weighted by molar-refractivity contribution is -0.929. The summed E-state index contributed by atoms with van der Waals surface area (Å²) >= 11 is 0. The number of carboxylic acids is 3. The van der Waals surface area contributed by atoms with Gasteiger partial charge in [0.05, 0.1) is 39.0 Å². The molecule has 0 amide bonds. The molecule has 0 spiro atoms. The zero-order chi connectivity index (χ0) is 29.7. The van der Waals surface area contributed by atoms with Gasteiger partial charge in [0.1, 0.15) is 0 Å². The predicted molar refractivity (Wildman–Crippen MR) is 161 cm³/mol. The van der Waals surface area contributed by atoms with Crippen molar-refractivity contribution in [2.75, 3.05) is 26.2 Å². The van der Waals surface area contributed by atoms with Crippen molar-refractivity contribution in [1.82, 2.24) is 0 Å². The van der Waals surface area contributed by atoms with Gasteiger partial charge in [0.15, 0.2) is 0 Å². The van der Waals surface area contributed by atoms with Crippen LogP contribution >= 0.6 is 0 Å². The largest absolute Gasteiger partial charge is 0.550 e. The summed E-state index contributed by atoms with van der Waals surface area (Å²) in [5, 5.41) is 29.1. The molecule has 0 fully saturated rings. The normalized spacial score (nSPS) is 11.8. The Labute approximate surface area is 245 Å². The van der Waals surface area contributed by atoms with Crippen molar-refractivity contribution >= 4 is 17.9 Å². The number of quaternary nitrogens is 1. The molecule has 0 unspecified atom stereocenters. The fraction of sp³-hybridized carbons (Fsp3) is 0.848. The monoisotopic (exact) mass is 567 g/mol. The molecular weight excluding hydrogens is 506 g/mol. The van der Waals surface area contributed by atoms with Crippen LogP contribution in [0.2, 0.25) is 0 Å². The van der Waals surface area contributed by atoms with Gasteiger partial charge >= 0.3 is 11.9 Å². The Morgan fingerprint density at radius 1 is 0.525 bits per heavy atom. The number of carbonyl (C=O) groups excluding carboxylic acids is 1. The van der Waals surface area contributed by atoms with Crippen LogP contribution in [-0.2, 0) is 14.4 Å². The summed E-state index contributed by atoms with van der Waals surface area (Å²) in [5.41, 5.74) is 0. The molecule has 0 atom stereocenters. The van der Waals surface area contributed by atoms with E-state index in [4.69, 9.17) is 10.2 Å². The number of carbonyl (C=O) groups is 3. The number of nitrogens with zero attached hydrogens (tertiary/aromatic N) is 1. The number of allylic oxidation sites excluding steroid dienone is 2. The Bertz CT molecular complexity index is 613. The first-order valence-corrected chi connectivity index (χ1v) is 16.4. The number of unbranched alkanes of at least 4 members (excludes halogenated alkanes) is 15. The van der Waals surface area contributed by atoms with Crippen molar-refractivity contribution in [1.29, 1.82) is 0 Å². The molecule has 0 saturated heterocycles. The molecule has 0 aliphatic carbocycles. The van der Waals surface area contributed by atoms with Gasteiger partial charge in [-0.2, -0.15) is 0 Å². The minimum atomic E-state index is -1.07. The molecule has 0 radical (unpaired) electrons. The Balaban J connectivity index is 4.10. The molecule has 0 aromatic carbocycles. The van der Waals surface area contributed by atoms with Gasteiger partial charge in [0.25, 0.3) is 0 Å². The molecule has 7 heteroatoms. The highest BCUT2D eigenvalue weighted by molar-refractivity contribution is 5.66. The third-order valence-electron chi connectivity index (χ3n) is 7.93. The smallest absolute Gasteiger partial charge is 0.303 e. The summed E-state index contributed by atoms with van der Waals surface area (Å²) in [7, 11) is 0. The topological polar surface area (TPSA) is 115 Å². The second-order valence-electron chi connectivity index (χ2n) is 11.7. The first-order valence-electron chi connectivity index (χ1n) is 16.4. The van der Waals surface area contributed by atoms with E-state index in [0.29, 0.717) is 43.4 Å². The molecular formula is C33H61NO6. The maximum Gasteiger partial charge on any atom is 0.303 e. The molecule has 0 aliphatic rings. The molecule has 0 bridgehead atoms. The summed E-state index contributed by atoms with van der Waals surface area (Å²) in [6.45, 7) is 4.99. The molecule has 0 aromatic heterocycles. The van der Waals surface area contributed by atoms with Crippen molar-refractivity contribution < 1.29 is 34.2 Å².